The summed E-state index contributed by atoms with van der Waals surface area (Å²) >= 11 is 0. The SMILES string of the molecule is C=CC(=O)OC(C)c1c(F)cccc1F. The Hall–Kier alpha value is -1.71. The fourth-order valence-electron chi connectivity index (χ4n) is 1.18. The van der Waals surface area contributed by atoms with Crippen molar-refractivity contribution in [1.29, 1.82) is 0 Å². The zero-order valence-corrected chi connectivity index (χ0v) is 8.17. The number of ether oxygens (including phenoxy) is 1. The minimum Gasteiger partial charge on any atom is -0.454 e. The summed E-state index contributed by atoms with van der Waals surface area (Å²) < 4.78 is 31.1. The number of carbonyl (C=O) groups excluding carboxylic acids is 1. The molecule has 0 saturated heterocycles. The Morgan fingerprint density at radius 1 is 1.47 bits per heavy atom. The van der Waals surface area contributed by atoms with Crippen LogP contribution in [0.15, 0.2) is 30.9 Å². The summed E-state index contributed by atoms with van der Waals surface area (Å²) in [6.45, 7) is 4.58. The smallest absolute Gasteiger partial charge is 0.330 e. The van der Waals surface area contributed by atoms with Crippen LogP contribution in [0.3, 0.4) is 0 Å². The van der Waals surface area contributed by atoms with Crippen LogP contribution >= 0.6 is 0 Å². The van der Waals surface area contributed by atoms with E-state index in [1.165, 1.54) is 13.0 Å². The van der Waals surface area contributed by atoms with E-state index < -0.39 is 23.7 Å². The van der Waals surface area contributed by atoms with E-state index in [0.717, 1.165) is 18.2 Å². The number of esters is 1. The topological polar surface area (TPSA) is 26.3 Å². The Morgan fingerprint density at radius 3 is 2.47 bits per heavy atom. The Morgan fingerprint density at radius 2 is 2.00 bits per heavy atom. The summed E-state index contributed by atoms with van der Waals surface area (Å²) in [7, 11) is 0. The fourth-order valence-corrected chi connectivity index (χ4v) is 1.18. The van der Waals surface area contributed by atoms with Crippen molar-refractivity contribution in [2.45, 2.75) is 13.0 Å². The first-order valence-corrected chi connectivity index (χ1v) is 4.33. The predicted octanol–water partition coefficient (Wildman–Crippen LogP) is 2.76. The third-order valence-corrected chi connectivity index (χ3v) is 1.87. The van der Waals surface area contributed by atoms with Gasteiger partial charge in [0.1, 0.15) is 17.7 Å². The average Bonchev–Trinajstić information content (AvgIpc) is 2.17. The molecule has 4 heteroatoms. The molecule has 0 spiro atoms. The minimum absolute atomic E-state index is 0.257. The van der Waals surface area contributed by atoms with E-state index in [9.17, 15) is 13.6 Å². The first kappa shape index (κ1) is 11.4. The first-order valence-electron chi connectivity index (χ1n) is 4.33. The number of benzene rings is 1. The van der Waals surface area contributed by atoms with Gasteiger partial charge in [0.2, 0.25) is 0 Å². The lowest BCUT2D eigenvalue weighted by Gasteiger charge is -2.13. The van der Waals surface area contributed by atoms with E-state index in [4.69, 9.17) is 4.74 Å². The lowest BCUT2D eigenvalue weighted by Crippen LogP contribution is -2.09. The van der Waals surface area contributed by atoms with Gasteiger partial charge in [0, 0.05) is 6.08 Å². The largest absolute Gasteiger partial charge is 0.454 e. The molecule has 0 aromatic heterocycles. The molecule has 1 unspecified atom stereocenters. The van der Waals surface area contributed by atoms with Crippen LogP contribution in [-0.2, 0) is 9.53 Å². The van der Waals surface area contributed by atoms with Crippen LogP contribution in [0, 0.1) is 11.6 Å². The number of carbonyl (C=O) groups is 1. The molecule has 1 rings (SSSR count). The molecule has 0 saturated carbocycles. The number of hydrogen-bond acceptors (Lipinski definition) is 2. The maximum atomic E-state index is 13.2. The molecule has 15 heavy (non-hydrogen) atoms. The molecule has 0 amide bonds. The molecule has 0 aliphatic heterocycles. The average molecular weight is 212 g/mol. The van der Waals surface area contributed by atoms with Gasteiger partial charge in [-0.15, -0.1) is 0 Å². The summed E-state index contributed by atoms with van der Waals surface area (Å²) in [5.41, 5.74) is -0.257. The standard InChI is InChI=1S/C11H10F2O2/c1-3-10(14)15-7(2)11-8(12)5-4-6-9(11)13/h3-7H,1H2,2H3. The van der Waals surface area contributed by atoms with Gasteiger partial charge in [-0.2, -0.15) is 0 Å². The molecule has 0 aliphatic carbocycles. The summed E-state index contributed by atoms with van der Waals surface area (Å²) in [6, 6.07) is 3.46. The van der Waals surface area contributed by atoms with Gasteiger partial charge in [-0.05, 0) is 19.1 Å². The van der Waals surface area contributed by atoms with Crippen LogP contribution in [-0.4, -0.2) is 5.97 Å². The van der Waals surface area contributed by atoms with Crippen molar-refractivity contribution in [3.05, 3.63) is 48.1 Å². The zero-order chi connectivity index (χ0) is 11.4. The van der Waals surface area contributed by atoms with Gasteiger partial charge in [0.05, 0.1) is 5.56 Å². The molecule has 0 heterocycles. The summed E-state index contributed by atoms with van der Waals surface area (Å²) in [4.78, 5) is 10.8. The monoisotopic (exact) mass is 212 g/mol. The molecular weight excluding hydrogens is 202 g/mol. The second-order valence-corrected chi connectivity index (χ2v) is 2.92. The molecule has 0 N–H and O–H groups in total. The highest BCUT2D eigenvalue weighted by Crippen LogP contribution is 2.23. The van der Waals surface area contributed by atoms with Crippen LogP contribution in [0.25, 0.3) is 0 Å². The highest BCUT2D eigenvalue weighted by molar-refractivity contribution is 5.81. The van der Waals surface area contributed by atoms with Crippen molar-refractivity contribution in [3.8, 4) is 0 Å². The van der Waals surface area contributed by atoms with Crippen LogP contribution < -0.4 is 0 Å². The molecule has 2 nitrogen and oxygen atoms in total. The van der Waals surface area contributed by atoms with E-state index in [2.05, 4.69) is 6.58 Å². The quantitative estimate of drug-likeness (QED) is 0.568. The molecule has 0 bridgehead atoms. The van der Waals surface area contributed by atoms with E-state index >= 15 is 0 Å². The normalized spacial score (nSPS) is 11.9. The van der Waals surface area contributed by atoms with Gasteiger partial charge < -0.3 is 4.74 Å². The van der Waals surface area contributed by atoms with Crippen LogP contribution in [0.5, 0.6) is 0 Å². The van der Waals surface area contributed by atoms with Gasteiger partial charge in [0.15, 0.2) is 0 Å². The van der Waals surface area contributed by atoms with Gasteiger partial charge in [-0.3, -0.25) is 0 Å². The van der Waals surface area contributed by atoms with Crippen molar-refractivity contribution in [2.75, 3.05) is 0 Å². The molecular formula is C11H10F2O2. The van der Waals surface area contributed by atoms with Crippen LogP contribution in [0.2, 0.25) is 0 Å². The molecule has 0 aliphatic rings. The van der Waals surface area contributed by atoms with E-state index in [1.54, 1.807) is 0 Å². The first-order chi connectivity index (χ1) is 7.06. The zero-order valence-electron chi connectivity index (χ0n) is 8.17. The van der Waals surface area contributed by atoms with Gasteiger partial charge >= 0.3 is 5.97 Å². The molecule has 1 aromatic carbocycles. The number of hydrogen-bond donors (Lipinski definition) is 0. The minimum atomic E-state index is -0.975. The molecule has 0 fully saturated rings. The van der Waals surface area contributed by atoms with E-state index in [0.29, 0.717) is 0 Å². The maximum Gasteiger partial charge on any atom is 0.330 e. The van der Waals surface area contributed by atoms with E-state index in [1.807, 2.05) is 0 Å². The Balaban J connectivity index is 2.95. The second kappa shape index (κ2) is 4.68. The van der Waals surface area contributed by atoms with Crippen molar-refractivity contribution in [1.82, 2.24) is 0 Å². The fraction of sp³-hybridized carbons (Fsp3) is 0.182. The Labute approximate surface area is 86.2 Å². The predicted molar refractivity (Wildman–Crippen MR) is 51.1 cm³/mol. The van der Waals surface area contributed by atoms with Crippen LogP contribution in [0.4, 0.5) is 8.78 Å². The maximum absolute atomic E-state index is 13.2. The van der Waals surface area contributed by atoms with Gasteiger partial charge in [0.25, 0.3) is 0 Å². The van der Waals surface area contributed by atoms with Crippen molar-refractivity contribution in [3.63, 3.8) is 0 Å². The molecule has 1 aromatic rings. The molecule has 80 valence electrons. The number of rotatable bonds is 3. The summed E-state index contributed by atoms with van der Waals surface area (Å²) in [5, 5.41) is 0. The summed E-state index contributed by atoms with van der Waals surface area (Å²) in [6.07, 6.45) is -0.0355. The van der Waals surface area contributed by atoms with Crippen molar-refractivity contribution >= 4 is 5.97 Å². The molecule has 1 atom stereocenters. The van der Waals surface area contributed by atoms with Crippen molar-refractivity contribution in [2.24, 2.45) is 0 Å². The van der Waals surface area contributed by atoms with Gasteiger partial charge in [-0.25, -0.2) is 13.6 Å². The highest BCUT2D eigenvalue weighted by Gasteiger charge is 2.18. The van der Waals surface area contributed by atoms with Crippen molar-refractivity contribution < 1.29 is 18.3 Å². The van der Waals surface area contributed by atoms with E-state index in [-0.39, 0.29) is 5.56 Å². The summed E-state index contributed by atoms with van der Waals surface area (Å²) in [5.74, 6) is -2.19. The third-order valence-electron chi connectivity index (χ3n) is 1.87. The highest BCUT2D eigenvalue weighted by atomic mass is 19.1. The lowest BCUT2D eigenvalue weighted by atomic mass is 10.1. The Bertz CT molecular complexity index is 368. The van der Waals surface area contributed by atoms with Gasteiger partial charge in [-0.1, -0.05) is 12.6 Å². The molecule has 0 radical (unpaired) electrons. The number of halogens is 2. The van der Waals surface area contributed by atoms with Crippen LogP contribution in [0.1, 0.15) is 18.6 Å². The second-order valence-electron chi connectivity index (χ2n) is 2.92. The Kier molecular flexibility index (Phi) is 3.55. The third kappa shape index (κ3) is 2.62. The lowest BCUT2D eigenvalue weighted by molar-refractivity contribution is -0.142.